The quantitative estimate of drug-likeness (QED) is 0.471. The van der Waals surface area contributed by atoms with E-state index in [0.29, 0.717) is 23.6 Å². The van der Waals surface area contributed by atoms with Gasteiger partial charge < -0.3 is 4.74 Å². The lowest BCUT2D eigenvalue weighted by Gasteiger charge is -2.26. The summed E-state index contributed by atoms with van der Waals surface area (Å²) in [6.45, 7) is 4.52. The van der Waals surface area contributed by atoms with Crippen LogP contribution < -0.4 is 15.0 Å². The first-order chi connectivity index (χ1) is 13.5. The highest BCUT2D eigenvalue weighted by Gasteiger charge is 2.36. The first-order valence-corrected chi connectivity index (χ1v) is 9.21. The molecule has 6 heteroatoms. The number of para-hydroxylation sites is 1. The molecule has 1 N–H and O–H groups in total. The Balaban J connectivity index is 1.94. The van der Waals surface area contributed by atoms with Crippen LogP contribution in [0.3, 0.4) is 0 Å². The van der Waals surface area contributed by atoms with Crippen molar-refractivity contribution >= 4 is 29.6 Å². The minimum atomic E-state index is -0.761. The number of carbonyl (C=O) groups excluding carboxylic acids is 3. The standard InChI is InChI=1S/C22H22N2O4/c1-3-4-13-28-19-8-6-5-7-16(19)14-18-20(25)23-22(27)24(21(18)26)17-11-9-15(2)10-12-17/h5-12,14H,3-4,13H2,1-2H3,(H,23,25,27)/b18-14+. The molecule has 4 amide bonds. The fourth-order valence-electron chi connectivity index (χ4n) is 2.80. The molecule has 1 aliphatic rings. The Bertz CT molecular complexity index is 932. The number of imide groups is 2. The van der Waals surface area contributed by atoms with Gasteiger partial charge >= 0.3 is 6.03 Å². The maximum absolute atomic E-state index is 12.9. The topological polar surface area (TPSA) is 75.7 Å². The summed E-state index contributed by atoms with van der Waals surface area (Å²) in [6, 6.07) is 13.4. The van der Waals surface area contributed by atoms with Crippen molar-refractivity contribution in [1.29, 1.82) is 0 Å². The van der Waals surface area contributed by atoms with Crippen LogP contribution in [0.5, 0.6) is 5.75 Å². The molecule has 0 spiro atoms. The Morgan fingerprint density at radius 3 is 2.46 bits per heavy atom. The van der Waals surface area contributed by atoms with Gasteiger partial charge in [0.05, 0.1) is 12.3 Å². The molecule has 1 saturated heterocycles. The summed E-state index contributed by atoms with van der Waals surface area (Å²) < 4.78 is 5.77. The summed E-state index contributed by atoms with van der Waals surface area (Å²) in [5, 5.41) is 2.23. The SMILES string of the molecule is CCCCOc1ccccc1/C=C1\C(=O)NC(=O)N(c2ccc(C)cc2)C1=O. The smallest absolute Gasteiger partial charge is 0.335 e. The lowest BCUT2D eigenvalue weighted by Crippen LogP contribution is -2.54. The maximum atomic E-state index is 12.9. The summed E-state index contributed by atoms with van der Waals surface area (Å²) in [6.07, 6.45) is 3.37. The predicted molar refractivity (Wildman–Crippen MR) is 107 cm³/mol. The van der Waals surface area contributed by atoms with Crippen LogP contribution in [0.4, 0.5) is 10.5 Å². The van der Waals surface area contributed by atoms with Crippen molar-refractivity contribution in [3.8, 4) is 5.75 Å². The van der Waals surface area contributed by atoms with Gasteiger partial charge in [-0.3, -0.25) is 14.9 Å². The van der Waals surface area contributed by atoms with Crippen LogP contribution in [0.15, 0.2) is 54.1 Å². The first kappa shape index (κ1) is 19.4. The Kier molecular flexibility index (Phi) is 5.89. The number of carbonyl (C=O) groups is 3. The van der Waals surface area contributed by atoms with E-state index in [1.54, 1.807) is 42.5 Å². The Hall–Kier alpha value is -3.41. The molecule has 1 heterocycles. The summed E-state index contributed by atoms with van der Waals surface area (Å²) in [7, 11) is 0. The number of barbiturate groups is 1. The Labute approximate surface area is 163 Å². The van der Waals surface area contributed by atoms with E-state index in [9.17, 15) is 14.4 Å². The summed E-state index contributed by atoms with van der Waals surface area (Å²) >= 11 is 0. The van der Waals surface area contributed by atoms with Gasteiger partial charge in [-0.15, -0.1) is 0 Å². The number of anilines is 1. The van der Waals surface area contributed by atoms with Gasteiger partial charge in [0, 0.05) is 5.56 Å². The molecule has 3 rings (SSSR count). The number of ether oxygens (including phenoxy) is 1. The Morgan fingerprint density at radius 2 is 1.75 bits per heavy atom. The molecule has 0 saturated carbocycles. The van der Waals surface area contributed by atoms with Crippen molar-refractivity contribution < 1.29 is 19.1 Å². The van der Waals surface area contributed by atoms with Crippen LogP contribution in [0.25, 0.3) is 6.08 Å². The Morgan fingerprint density at radius 1 is 1.04 bits per heavy atom. The van der Waals surface area contributed by atoms with E-state index >= 15 is 0 Å². The molecule has 0 aliphatic carbocycles. The second kappa shape index (κ2) is 8.52. The van der Waals surface area contributed by atoms with Crippen LogP contribution in [0.1, 0.15) is 30.9 Å². The van der Waals surface area contributed by atoms with Gasteiger partial charge in [0.2, 0.25) is 0 Å². The number of amides is 4. The zero-order chi connectivity index (χ0) is 20.1. The van der Waals surface area contributed by atoms with Gasteiger partial charge in [0.15, 0.2) is 0 Å². The second-order valence-electron chi connectivity index (χ2n) is 6.53. The minimum absolute atomic E-state index is 0.119. The molecule has 2 aromatic rings. The number of hydrogen-bond acceptors (Lipinski definition) is 4. The van der Waals surface area contributed by atoms with E-state index in [2.05, 4.69) is 12.2 Å². The molecule has 6 nitrogen and oxygen atoms in total. The van der Waals surface area contributed by atoms with E-state index in [-0.39, 0.29) is 5.57 Å². The van der Waals surface area contributed by atoms with Crippen molar-refractivity contribution in [2.75, 3.05) is 11.5 Å². The van der Waals surface area contributed by atoms with E-state index < -0.39 is 17.8 Å². The average Bonchev–Trinajstić information content (AvgIpc) is 2.68. The molecule has 0 bridgehead atoms. The average molecular weight is 378 g/mol. The second-order valence-corrected chi connectivity index (χ2v) is 6.53. The van der Waals surface area contributed by atoms with E-state index in [0.717, 1.165) is 23.3 Å². The molecule has 0 radical (unpaired) electrons. The highest BCUT2D eigenvalue weighted by atomic mass is 16.5. The van der Waals surface area contributed by atoms with Gasteiger partial charge in [0.1, 0.15) is 11.3 Å². The summed E-state index contributed by atoms with van der Waals surface area (Å²) in [5.41, 5.74) is 1.89. The number of aryl methyl sites for hydroxylation is 1. The third-order valence-corrected chi connectivity index (χ3v) is 4.37. The maximum Gasteiger partial charge on any atom is 0.335 e. The lowest BCUT2D eigenvalue weighted by atomic mass is 10.1. The molecular weight excluding hydrogens is 356 g/mol. The van der Waals surface area contributed by atoms with Crippen molar-refractivity contribution in [1.82, 2.24) is 5.32 Å². The minimum Gasteiger partial charge on any atom is -0.493 e. The van der Waals surface area contributed by atoms with Crippen LogP contribution >= 0.6 is 0 Å². The van der Waals surface area contributed by atoms with E-state index in [4.69, 9.17) is 4.74 Å². The molecule has 1 fully saturated rings. The van der Waals surface area contributed by atoms with E-state index in [1.165, 1.54) is 6.08 Å². The van der Waals surface area contributed by atoms with Gasteiger partial charge in [-0.2, -0.15) is 0 Å². The molecule has 0 atom stereocenters. The number of urea groups is 1. The molecule has 0 aromatic heterocycles. The van der Waals surface area contributed by atoms with Crippen LogP contribution in [-0.2, 0) is 9.59 Å². The fourth-order valence-corrected chi connectivity index (χ4v) is 2.80. The van der Waals surface area contributed by atoms with E-state index in [1.807, 2.05) is 13.0 Å². The highest BCUT2D eigenvalue weighted by molar-refractivity contribution is 6.39. The zero-order valence-corrected chi connectivity index (χ0v) is 15.9. The third kappa shape index (κ3) is 4.11. The molecular formula is C22H22N2O4. The summed E-state index contributed by atoms with van der Waals surface area (Å²) in [4.78, 5) is 38.5. The number of rotatable bonds is 6. The molecule has 144 valence electrons. The number of nitrogens with one attached hydrogen (secondary N) is 1. The van der Waals surface area contributed by atoms with Crippen LogP contribution in [0.2, 0.25) is 0 Å². The molecule has 28 heavy (non-hydrogen) atoms. The highest BCUT2D eigenvalue weighted by Crippen LogP contribution is 2.25. The van der Waals surface area contributed by atoms with Gasteiger partial charge in [0.25, 0.3) is 11.8 Å². The van der Waals surface area contributed by atoms with Gasteiger partial charge in [-0.25, -0.2) is 9.69 Å². The third-order valence-electron chi connectivity index (χ3n) is 4.37. The predicted octanol–water partition coefficient (Wildman–Crippen LogP) is 3.84. The van der Waals surface area contributed by atoms with Gasteiger partial charge in [-0.05, 0) is 37.6 Å². The van der Waals surface area contributed by atoms with Crippen LogP contribution in [0, 0.1) is 6.92 Å². The van der Waals surface area contributed by atoms with Crippen molar-refractivity contribution in [3.63, 3.8) is 0 Å². The zero-order valence-electron chi connectivity index (χ0n) is 15.9. The fraction of sp³-hybridized carbons (Fsp3) is 0.227. The number of benzene rings is 2. The molecule has 2 aromatic carbocycles. The first-order valence-electron chi connectivity index (χ1n) is 9.21. The lowest BCUT2D eigenvalue weighted by molar-refractivity contribution is -0.122. The number of nitrogens with zero attached hydrogens (tertiary/aromatic N) is 1. The molecule has 1 aliphatic heterocycles. The molecule has 0 unspecified atom stereocenters. The van der Waals surface area contributed by atoms with Gasteiger partial charge in [-0.1, -0.05) is 49.2 Å². The monoisotopic (exact) mass is 378 g/mol. The largest absolute Gasteiger partial charge is 0.493 e. The van der Waals surface area contributed by atoms with Crippen molar-refractivity contribution in [2.45, 2.75) is 26.7 Å². The number of unbranched alkanes of at least 4 members (excludes halogenated alkanes) is 1. The van der Waals surface area contributed by atoms with Crippen molar-refractivity contribution in [3.05, 3.63) is 65.2 Å². The van der Waals surface area contributed by atoms with Crippen LogP contribution in [-0.4, -0.2) is 24.5 Å². The normalized spacial score (nSPS) is 15.7. The van der Waals surface area contributed by atoms with Crippen molar-refractivity contribution in [2.24, 2.45) is 0 Å². The number of hydrogen-bond donors (Lipinski definition) is 1. The summed E-state index contributed by atoms with van der Waals surface area (Å²) in [5.74, 6) is -0.800.